The smallest absolute Gasteiger partial charge is 0.329 e. The Morgan fingerprint density at radius 3 is 2.29 bits per heavy atom. The van der Waals surface area contributed by atoms with Crippen molar-refractivity contribution in [3.8, 4) is 22.4 Å². The lowest BCUT2D eigenvalue weighted by Crippen LogP contribution is -2.36. The van der Waals surface area contributed by atoms with Gasteiger partial charge in [-0.15, -0.1) is 0 Å². The first-order valence-electron chi connectivity index (χ1n) is 9.58. The average Bonchev–Trinajstić information content (AvgIpc) is 3.20. The number of benzene rings is 1. The van der Waals surface area contributed by atoms with E-state index in [0.717, 1.165) is 12.4 Å². The summed E-state index contributed by atoms with van der Waals surface area (Å²) in [4.78, 5) is 22.7. The summed E-state index contributed by atoms with van der Waals surface area (Å²) in [6.07, 6.45) is -3.81. The molecular weight excluding hydrogens is 466 g/mol. The lowest BCUT2D eigenvalue weighted by Gasteiger charge is -2.11. The van der Waals surface area contributed by atoms with E-state index in [4.69, 9.17) is 0 Å². The summed E-state index contributed by atoms with van der Waals surface area (Å²) in [5, 5.41) is 4.06. The van der Waals surface area contributed by atoms with Crippen LogP contribution in [0.2, 0.25) is 0 Å². The number of halogens is 6. The largest absolute Gasteiger partial charge is 0.451 e. The van der Waals surface area contributed by atoms with Crippen molar-refractivity contribution in [3.63, 3.8) is 0 Å². The molecular formula is C21H14F6N6O. The first kappa shape index (κ1) is 23.0. The van der Waals surface area contributed by atoms with Gasteiger partial charge in [0.15, 0.2) is 0 Å². The molecule has 7 nitrogen and oxygen atoms in total. The van der Waals surface area contributed by atoms with Crippen LogP contribution in [0.25, 0.3) is 28.0 Å². The molecule has 13 heteroatoms. The number of anilines is 1. The molecule has 0 aliphatic carbocycles. The van der Waals surface area contributed by atoms with E-state index in [2.05, 4.69) is 20.3 Å². The van der Waals surface area contributed by atoms with Crippen LogP contribution in [0.3, 0.4) is 0 Å². The standard InChI is InChI=1S/C21H14F6N6O/c22-20(23,24)11-31-19(34)32-15-3-1-2-13(6-15)16-10-28-17-7-12(4-5-33(16)17)14-8-29-18(30-9-14)21(25,26)27/h1-10H,11H2,(H2,31,32,34). The van der Waals surface area contributed by atoms with Gasteiger partial charge < -0.3 is 10.6 Å². The maximum absolute atomic E-state index is 12.7. The third-order valence-corrected chi connectivity index (χ3v) is 4.62. The highest BCUT2D eigenvalue weighted by Gasteiger charge is 2.34. The summed E-state index contributed by atoms with van der Waals surface area (Å²) in [5.41, 5.74) is 2.90. The highest BCUT2D eigenvalue weighted by Crippen LogP contribution is 2.29. The Bertz CT molecular complexity index is 1330. The van der Waals surface area contributed by atoms with Crippen molar-refractivity contribution in [2.24, 2.45) is 0 Å². The number of nitrogens with zero attached hydrogens (tertiary/aromatic N) is 4. The van der Waals surface area contributed by atoms with E-state index in [1.807, 2.05) is 0 Å². The number of aromatic nitrogens is 4. The van der Waals surface area contributed by atoms with Gasteiger partial charge in [-0.1, -0.05) is 12.1 Å². The molecule has 0 bridgehead atoms. The molecule has 0 saturated heterocycles. The molecule has 0 spiro atoms. The highest BCUT2D eigenvalue weighted by molar-refractivity contribution is 5.90. The molecule has 0 fully saturated rings. The van der Waals surface area contributed by atoms with Gasteiger partial charge in [0, 0.05) is 35.4 Å². The van der Waals surface area contributed by atoms with Crippen molar-refractivity contribution in [3.05, 3.63) is 67.0 Å². The number of rotatable bonds is 4. The van der Waals surface area contributed by atoms with Crippen LogP contribution < -0.4 is 10.6 Å². The minimum atomic E-state index is -4.64. The van der Waals surface area contributed by atoms with E-state index in [0.29, 0.717) is 28.0 Å². The lowest BCUT2D eigenvalue weighted by atomic mass is 10.1. The van der Waals surface area contributed by atoms with Gasteiger partial charge in [-0.3, -0.25) is 4.40 Å². The molecule has 176 valence electrons. The number of carbonyl (C=O) groups is 1. The van der Waals surface area contributed by atoms with Gasteiger partial charge in [0.2, 0.25) is 5.82 Å². The van der Waals surface area contributed by atoms with Crippen LogP contribution in [0.1, 0.15) is 5.82 Å². The summed E-state index contributed by atoms with van der Waals surface area (Å²) in [5.74, 6) is -1.24. The van der Waals surface area contributed by atoms with E-state index in [1.54, 1.807) is 52.4 Å². The number of nitrogens with one attached hydrogen (secondary N) is 2. The predicted octanol–water partition coefficient (Wildman–Crippen LogP) is 5.16. The summed E-state index contributed by atoms with van der Waals surface area (Å²) < 4.78 is 76.5. The zero-order valence-corrected chi connectivity index (χ0v) is 16.9. The predicted molar refractivity (Wildman–Crippen MR) is 110 cm³/mol. The van der Waals surface area contributed by atoms with E-state index >= 15 is 0 Å². The molecule has 2 N–H and O–H groups in total. The first-order chi connectivity index (χ1) is 16.0. The molecule has 0 aliphatic rings. The fraction of sp³-hybridized carbons (Fsp3) is 0.143. The number of pyridine rings is 1. The molecule has 34 heavy (non-hydrogen) atoms. The maximum atomic E-state index is 12.7. The van der Waals surface area contributed by atoms with Gasteiger partial charge >= 0.3 is 18.4 Å². The molecule has 0 atom stereocenters. The molecule has 4 aromatic rings. The van der Waals surface area contributed by atoms with E-state index in [9.17, 15) is 31.1 Å². The third-order valence-electron chi connectivity index (χ3n) is 4.62. The van der Waals surface area contributed by atoms with Crippen molar-refractivity contribution in [1.29, 1.82) is 0 Å². The highest BCUT2D eigenvalue weighted by atomic mass is 19.4. The Morgan fingerprint density at radius 2 is 1.62 bits per heavy atom. The molecule has 1 aromatic carbocycles. The second-order valence-corrected chi connectivity index (χ2v) is 7.08. The first-order valence-corrected chi connectivity index (χ1v) is 9.58. The topological polar surface area (TPSA) is 84.2 Å². The van der Waals surface area contributed by atoms with Crippen molar-refractivity contribution in [2.45, 2.75) is 12.4 Å². The monoisotopic (exact) mass is 480 g/mol. The number of urea groups is 1. The average molecular weight is 480 g/mol. The number of hydrogen-bond acceptors (Lipinski definition) is 4. The summed E-state index contributed by atoms with van der Waals surface area (Å²) in [6, 6.07) is 8.70. The Kier molecular flexibility index (Phi) is 5.85. The van der Waals surface area contributed by atoms with E-state index in [1.165, 1.54) is 6.07 Å². The SMILES string of the molecule is O=C(NCC(F)(F)F)Nc1cccc(-c2cnc3cc(-c4cnc(C(F)(F)F)nc4)ccn23)c1. The van der Waals surface area contributed by atoms with Gasteiger partial charge in [0.25, 0.3) is 0 Å². The van der Waals surface area contributed by atoms with Crippen LogP contribution in [-0.4, -0.2) is 38.1 Å². The van der Waals surface area contributed by atoms with Crippen molar-refractivity contribution >= 4 is 17.4 Å². The molecule has 0 radical (unpaired) electrons. The molecule has 0 saturated carbocycles. The zero-order chi connectivity index (χ0) is 24.5. The maximum Gasteiger partial charge on any atom is 0.451 e. The van der Waals surface area contributed by atoms with Crippen LogP contribution >= 0.6 is 0 Å². The Hall–Kier alpha value is -4.16. The van der Waals surface area contributed by atoms with Gasteiger partial charge in [-0.25, -0.2) is 19.7 Å². The summed E-state index contributed by atoms with van der Waals surface area (Å²) in [6.45, 7) is -1.46. The lowest BCUT2D eigenvalue weighted by molar-refractivity contribution is -0.145. The molecule has 3 aromatic heterocycles. The number of alkyl halides is 6. The minimum Gasteiger partial charge on any atom is -0.329 e. The second-order valence-electron chi connectivity index (χ2n) is 7.08. The van der Waals surface area contributed by atoms with Gasteiger partial charge in [-0.05, 0) is 29.8 Å². The molecule has 2 amide bonds. The number of carbonyl (C=O) groups excluding carboxylic acids is 1. The zero-order valence-electron chi connectivity index (χ0n) is 16.9. The van der Waals surface area contributed by atoms with E-state index < -0.39 is 30.8 Å². The van der Waals surface area contributed by atoms with Crippen molar-refractivity contribution in [1.82, 2.24) is 24.7 Å². The van der Waals surface area contributed by atoms with Crippen LogP contribution in [0.5, 0.6) is 0 Å². The molecule has 0 unspecified atom stereocenters. The third kappa shape index (κ3) is 5.24. The molecule has 0 aliphatic heterocycles. The van der Waals surface area contributed by atoms with Gasteiger partial charge in [0.05, 0.1) is 11.9 Å². The summed E-state index contributed by atoms with van der Waals surface area (Å²) in [7, 11) is 0. The number of imidazole rings is 1. The van der Waals surface area contributed by atoms with Crippen LogP contribution in [0.4, 0.5) is 36.8 Å². The number of hydrogen-bond donors (Lipinski definition) is 2. The van der Waals surface area contributed by atoms with Gasteiger partial charge in [0.1, 0.15) is 12.2 Å². The fourth-order valence-electron chi connectivity index (χ4n) is 3.11. The van der Waals surface area contributed by atoms with Crippen LogP contribution in [0, 0.1) is 0 Å². The van der Waals surface area contributed by atoms with E-state index in [-0.39, 0.29) is 5.69 Å². The quantitative estimate of drug-likeness (QED) is 0.395. The Morgan fingerprint density at radius 1 is 0.882 bits per heavy atom. The van der Waals surface area contributed by atoms with Crippen LogP contribution in [0.15, 0.2) is 61.2 Å². The Labute approximate surface area is 187 Å². The molecule has 4 rings (SSSR count). The normalized spacial score (nSPS) is 12.1. The van der Waals surface area contributed by atoms with Crippen LogP contribution in [-0.2, 0) is 6.18 Å². The Balaban J connectivity index is 1.56. The second kappa shape index (κ2) is 8.65. The van der Waals surface area contributed by atoms with Gasteiger partial charge in [-0.2, -0.15) is 26.3 Å². The van der Waals surface area contributed by atoms with Crippen molar-refractivity contribution < 1.29 is 31.1 Å². The molecule has 3 heterocycles. The number of amides is 2. The fourth-order valence-corrected chi connectivity index (χ4v) is 3.11. The number of fused-ring (bicyclic) bond motifs is 1. The minimum absolute atomic E-state index is 0.269. The van der Waals surface area contributed by atoms with Crippen molar-refractivity contribution in [2.75, 3.05) is 11.9 Å². The summed E-state index contributed by atoms with van der Waals surface area (Å²) >= 11 is 0.